The van der Waals surface area contributed by atoms with Crippen molar-refractivity contribution in [3.63, 3.8) is 0 Å². The highest BCUT2D eigenvalue weighted by Crippen LogP contribution is 2.39. The molecule has 0 fully saturated rings. The van der Waals surface area contributed by atoms with Gasteiger partial charge in [-0.3, -0.25) is 19.1 Å². The summed E-state index contributed by atoms with van der Waals surface area (Å²) in [5.41, 5.74) is 7.71. The molecule has 0 radical (unpaired) electrons. The standard InChI is InChI=1S/C38H39ClN8O4S/c1-22-23(2)52-38-34(22)35(25-6-9-28(39)10-7-25)44-31(37-46-45-24(3)47(37)38)21-32(48)40-13-15-50-17-18-51-16-14-42-36-29(5-4-12-41-36)26-8-11-30-27(19-26)20-33(49)43-30/h4-12,19,31H,13-18,20-21H2,1-3H3,(H,40,48)(H,41,42)(H,43,49)/t31-/m0/s1. The van der Waals surface area contributed by atoms with E-state index < -0.39 is 6.04 Å². The van der Waals surface area contributed by atoms with E-state index in [9.17, 15) is 9.59 Å². The summed E-state index contributed by atoms with van der Waals surface area (Å²) in [5, 5.41) is 19.7. The Balaban J connectivity index is 0.869. The molecule has 3 aromatic heterocycles. The van der Waals surface area contributed by atoms with Gasteiger partial charge in [0.05, 0.1) is 45.0 Å². The minimum Gasteiger partial charge on any atom is -0.377 e. The average Bonchev–Trinajstić information content (AvgIpc) is 3.77. The molecule has 2 aromatic carbocycles. The molecular weight excluding hydrogens is 700 g/mol. The number of nitrogens with zero attached hydrogens (tertiary/aromatic N) is 5. The number of nitrogens with one attached hydrogen (secondary N) is 3. The van der Waals surface area contributed by atoms with Gasteiger partial charge in [-0.05, 0) is 73.9 Å². The predicted molar refractivity (Wildman–Crippen MR) is 203 cm³/mol. The number of carbonyl (C=O) groups excluding carboxylic acids is 2. The predicted octanol–water partition coefficient (Wildman–Crippen LogP) is 6.01. The average molecular weight is 739 g/mol. The Labute approximate surface area is 310 Å². The number of carbonyl (C=O) groups is 2. The van der Waals surface area contributed by atoms with E-state index >= 15 is 0 Å². The molecule has 7 rings (SSSR count). The van der Waals surface area contributed by atoms with Gasteiger partial charge in [0.25, 0.3) is 0 Å². The minimum atomic E-state index is -0.535. The van der Waals surface area contributed by atoms with Gasteiger partial charge in [0.15, 0.2) is 5.82 Å². The summed E-state index contributed by atoms with van der Waals surface area (Å²) in [6.07, 6.45) is 2.24. The summed E-state index contributed by atoms with van der Waals surface area (Å²) < 4.78 is 13.5. The molecule has 0 spiro atoms. The molecule has 0 saturated carbocycles. The lowest BCUT2D eigenvalue weighted by molar-refractivity contribution is -0.121. The topological polar surface area (TPSA) is 145 Å². The number of amides is 2. The lowest BCUT2D eigenvalue weighted by Crippen LogP contribution is -2.29. The van der Waals surface area contributed by atoms with Crippen LogP contribution in [0.4, 0.5) is 11.5 Å². The van der Waals surface area contributed by atoms with Crippen molar-refractivity contribution in [1.82, 2.24) is 25.1 Å². The van der Waals surface area contributed by atoms with E-state index in [-0.39, 0.29) is 18.2 Å². The van der Waals surface area contributed by atoms with Gasteiger partial charge >= 0.3 is 0 Å². The zero-order valence-corrected chi connectivity index (χ0v) is 30.7. The second kappa shape index (κ2) is 15.7. The van der Waals surface area contributed by atoms with E-state index in [0.717, 1.165) is 61.4 Å². The fourth-order valence-corrected chi connectivity index (χ4v) is 7.72. The van der Waals surface area contributed by atoms with Gasteiger partial charge in [-0.1, -0.05) is 29.8 Å². The molecule has 3 N–H and O–H groups in total. The van der Waals surface area contributed by atoms with E-state index in [2.05, 4.69) is 45.0 Å². The molecule has 2 aliphatic rings. The molecule has 0 aliphatic carbocycles. The van der Waals surface area contributed by atoms with Crippen LogP contribution in [0.15, 0.2) is 65.8 Å². The van der Waals surface area contributed by atoms with Gasteiger partial charge in [-0.15, -0.1) is 21.5 Å². The van der Waals surface area contributed by atoms with Crippen LogP contribution in [0.5, 0.6) is 0 Å². The van der Waals surface area contributed by atoms with Crippen LogP contribution in [0.1, 0.15) is 51.2 Å². The molecule has 12 nitrogen and oxygen atoms in total. The molecule has 52 heavy (non-hydrogen) atoms. The number of rotatable bonds is 14. The van der Waals surface area contributed by atoms with Crippen molar-refractivity contribution < 1.29 is 19.1 Å². The van der Waals surface area contributed by atoms with Crippen molar-refractivity contribution in [2.45, 2.75) is 39.7 Å². The number of hydrogen-bond acceptors (Lipinski definition) is 10. The van der Waals surface area contributed by atoms with Crippen LogP contribution in [0.2, 0.25) is 5.02 Å². The summed E-state index contributed by atoms with van der Waals surface area (Å²) in [7, 11) is 0. The van der Waals surface area contributed by atoms with Crippen LogP contribution in [0.25, 0.3) is 16.1 Å². The molecule has 5 heterocycles. The third-order valence-electron chi connectivity index (χ3n) is 9.06. The summed E-state index contributed by atoms with van der Waals surface area (Å²) in [5.74, 6) is 2.00. The van der Waals surface area contributed by atoms with Gasteiger partial charge in [0, 0.05) is 51.6 Å². The van der Waals surface area contributed by atoms with Crippen molar-refractivity contribution in [2.24, 2.45) is 4.99 Å². The van der Waals surface area contributed by atoms with Gasteiger partial charge in [-0.2, -0.15) is 0 Å². The number of ether oxygens (including phenoxy) is 2. The van der Waals surface area contributed by atoms with Crippen LogP contribution >= 0.6 is 22.9 Å². The largest absolute Gasteiger partial charge is 0.377 e. The summed E-state index contributed by atoms with van der Waals surface area (Å²) >= 11 is 7.89. The van der Waals surface area contributed by atoms with E-state index in [1.165, 1.54) is 4.88 Å². The Morgan fingerprint density at radius 1 is 1.00 bits per heavy atom. The third-order valence-corrected chi connectivity index (χ3v) is 10.5. The van der Waals surface area contributed by atoms with Crippen molar-refractivity contribution >= 4 is 52.0 Å². The fourth-order valence-electron chi connectivity index (χ4n) is 6.38. The zero-order chi connectivity index (χ0) is 36.2. The number of fused-ring (bicyclic) bond motifs is 4. The zero-order valence-electron chi connectivity index (χ0n) is 29.2. The minimum absolute atomic E-state index is 0.0116. The Bertz CT molecular complexity index is 2150. The third kappa shape index (κ3) is 7.63. The second-order valence-corrected chi connectivity index (χ2v) is 14.2. The summed E-state index contributed by atoms with van der Waals surface area (Å²) in [6, 6.07) is 16.9. The van der Waals surface area contributed by atoms with E-state index in [1.54, 1.807) is 17.5 Å². The monoisotopic (exact) mass is 738 g/mol. The molecule has 1 atom stereocenters. The van der Waals surface area contributed by atoms with Crippen molar-refractivity contribution in [2.75, 3.05) is 50.2 Å². The fraction of sp³-hybridized carbons (Fsp3) is 0.316. The van der Waals surface area contributed by atoms with Gasteiger partial charge in [-0.25, -0.2) is 4.98 Å². The van der Waals surface area contributed by atoms with Crippen LogP contribution in [-0.2, 0) is 25.5 Å². The molecule has 0 bridgehead atoms. The van der Waals surface area contributed by atoms with Crippen LogP contribution in [-0.4, -0.2) is 76.8 Å². The lowest BCUT2D eigenvalue weighted by atomic mass is 9.99. The van der Waals surface area contributed by atoms with E-state index in [1.807, 2.05) is 66.1 Å². The number of aromatic nitrogens is 4. The Morgan fingerprint density at radius 3 is 2.58 bits per heavy atom. The molecule has 14 heteroatoms. The molecule has 0 saturated heterocycles. The Hall–Kier alpha value is -4.95. The number of aliphatic imine (C=N–C) groups is 1. The molecular formula is C38H39ClN8O4S. The number of hydrogen-bond donors (Lipinski definition) is 3. The second-order valence-electron chi connectivity index (χ2n) is 12.6. The number of halogens is 1. The maximum atomic E-state index is 13.2. The first-order valence-electron chi connectivity index (χ1n) is 17.2. The first kappa shape index (κ1) is 35.5. The van der Waals surface area contributed by atoms with Gasteiger partial charge < -0.3 is 25.4 Å². The van der Waals surface area contributed by atoms with Gasteiger partial charge in [0.2, 0.25) is 11.8 Å². The van der Waals surface area contributed by atoms with Crippen molar-refractivity contribution in [1.29, 1.82) is 0 Å². The van der Waals surface area contributed by atoms with Gasteiger partial charge in [0.1, 0.15) is 22.7 Å². The highest BCUT2D eigenvalue weighted by molar-refractivity contribution is 7.15. The number of thiophene rings is 1. The van der Waals surface area contributed by atoms with Crippen molar-refractivity contribution in [3.05, 3.63) is 105 Å². The highest BCUT2D eigenvalue weighted by atomic mass is 35.5. The number of benzene rings is 2. The SMILES string of the molecule is Cc1sc2c(c1C)C(c1ccc(Cl)cc1)=N[C@@H](CC(=O)NCCOCCOCCNc1ncccc1-c1ccc3c(c1)CC(=O)N3)c1nnc(C)n1-2. The Kier molecular flexibility index (Phi) is 10.7. The van der Waals surface area contributed by atoms with Crippen LogP contribution < -0.4 is 16.0 Å². The summed E-state index contributed by atoms with van der Waals surface area (Å²) in [4.78, 5) is 35.8. The van der Waals surface area contributed by atoms with Crippen LogP contribution in [0.3, 0.4) is 0 Å². The Morgan fingerprint density at radius 2 is 1.77 bits per heavy atom. The summed E-state index contributed by atoms with van der Waals surface area (Å²) in [6.45, 7) is 8.67. The normalized spacial score (nSPS) is 14.6. The van der Waals surface area contributed by atoms with Crippen molar-refractivity contribution in [3.8, 4) is 16.1 Å². The lowest BCUT2D eigenvalue weighted by Gasteiger charge is -2.13. The maximum Gasteiger partial charge on any atom is 0.228 e. The maximum absolute atomic E-state index is 13.2. The number of pyridine rings is 1. The number of anilines is 2. The molecule has 268 valence electrons. The molecule has 2 aliphatic heterocycles. The van der Waals surface area contributed by atoms with E-state index in [0.29, 0.717) is 56.8 Å². The first-order valence-corrected chi connectivity index (χ1v) is 18.4. The van der Waals surface area contributed by atoms with Crippen LogP contribution in [0, 0.1) is 20.8 Å². The smallest absolute Gasteiger partial charge is 0.228 e. The quantitative estimate of drug-likeness (QED) is 0.118. The van der Waals surface area contributed by atoms with E-state index in [4.69, 9.17) is 26.1 Å². The highest BCUT2D eigenvalue weighted by Gasteiger charge is 2.32. The number of aryl methyl sites for hydroxylation is 2. The first-order chi connectivity index (χ1) is 25.3. The molecule has 0 unspecified atom stereocenters. The molecule has 2 amide bonds. The molecule has 5 aromatic rings.